The summed E-state index contributed by atoms with van der Waals surface area (Å²) in [6, 6.07) is 7.11. The molecule has 1 unspecified atom stereocenters. The molecule has 0 saturated carbocycles. The van der Waals surface area contributed by atoms with Gasteiger partial charge in [-0.2, -0.15) is 0 Å². The van der Waals surface area contributed by atoms with Crippen molar-refractivity contribution in [2.75, 3.05) is 37.4 Å². The summed E-state index contributed by atoms with van der Waals surface area (Å²) in [7, 11) is 4.28. The second-order valence-corrected chi connectivity index (χ2v) is 5.74. The van der Waals surface area contributed by atoms with Crippen LogP contribution in [0.25, 0.3) is 0 Å². The van der Waals surface area contributed by atoms with E-state index in [4.69, 9.17) is 0 Å². The third kappa shape index (κ3) is 2.45. The van der Waals surface area contributed by atoms with Crippen LogP contribution < -0.4 is 10.2 Å². The topological polar surface area (TPSA) is 35.6 Å². The van der Waals surface area contributed by atoms with Crippen LogP contribution in [-0.2, 0) is 11.2 Å². The summed E-state index contributed by atoms with van der Waals surface area (Å²) in [6.07, 6.45) is 2.68. The number of aryl methyl sites for hydroxylation is 1. The minimum Gasteiger partial charge on any atom is -0.370 e. The molecule has 1 aromatic rings. The molecule has 0 bridgehead atoms. The van der Waals surface area contributed by atoms with Crippen molar-refractivity contribution >= 4 is 17.3 Å². The van der Waals surface area contributed by atoms with Crippen LogP contribution in [0.15, 0.2) is 18.2 Å². The summed E-state index contributed by atoms with van der Waals surface area (Å²) in [5.41, 5.74) is 3.49. The number of rotatable bonds is 2. The maximum Gasteiger partial charge on any atom is 0.224 e. The van der Waals surface area contributed by atoms with Crippen molar-refractivity contribution in [3.63, 3.8) is 0 Å². The fourth-order valence-corrected chi connectivity index (χ4v) is 2.95. The lowest BCUT2D eigenvalue weighted by Gasteiger charge is -2.24. The molecule has 4 nitrogen and oxygen atoms in total. The molecule has 102 valence electrons. The Morgan fingerprint density at radius 3 is 2.89 bits per heavy atom. The molecule has 1 aromatic carbocycles. The average Bonchev–Trinajstić information content (AvgIpc) is 2.87. The molecule has 3 rings (SSSR count). The quantitative estimate of drug-likeness (QED) is 0.878. The first-order chi connectivity index (χ1) is 9.13. The van der Waals surface area contributed by atoms with Gasteiger partial charge in [0, 0.05) is 36.9 Å². The third-order valence-electron chi connectivity index (χ3n) is 4.25. The number of nitrogens with zero attached hydrogens (tertiary/aromatic N) is 2. The van der Waals surface area contributed by atoms with Crippen molar-refractivity contribution in [1.29, 1.82) is 0 Å². The SMILES string of the molecule is CN(C)C1CCN(c2ccc3c(c2)NC(=O)CC3)C1. The molecular formula is C15H21N3O. The summed E-state index contributed by atoms with van der Waals surface area (Å²) in [5, 5.41) is 2.98. The van der Waals surface area contributed by atoms with E-state index in [1.54, 1.807) is 0 Å². The summed E-state index contributed by atoms with van der Waals surface area (Å²) in [5.74, 6) is 0.136. The van der Waals surface area contributed by atoms with E-state index in [-0.39, 0.29) is 5.91 Å². The lowest BCUT2D eigenvalue weighted by atomic mass is 10.0. The minimum atomic E-state index is 0.136. The van der Waals surface area contributed by atoms with Crippen molar-refractivity contribution in [3.05, 3.63) is 23.8 Å². The highest BCUT2D eigenvalue weighted by molar-refractivity contribution is 5.94. The molecule has 1 N–H and O–H groups in total. The fourth-order valence-electron chi connectivity index (χ4n) is 2.95. The van der Waals surface area contributed by atoms with Crippen molar-refractivity contribution in [2.24, 2.45) is 0 Å². The van der Waals surface area contributed by atoms with Crippen molar-refractivity contribution in [1.82, 2.24) is 4.90 Å². The highest BCUT2D eigenvalue weighted by Gasteiger charge is 2.25. The third-order valence-corrected chi connectivity index (χ3v) is 4.25. The molecule has 19 heavy (non-hydrogen) atoms. The number of carbonyl (C=O) groups excluding carboxylic acids is 1. The predicted octanol–water partition coefficient (Wildman–Crippen LogP) is 1.71. The Hall–Kier alpha value is -1.55. The summed E-state index contributed by atoms with van der Waals surface area (Å²) in [4.78, 5) is 16.2. The summed E-state index contributed by atoms with van der Waals surface area (Å²) >= 11 is 0. The highest BCUT2D eigenvalue weighted by Crippen LogP contribution is 2.30. The monoisotopic (exact) mass is 259 g/mol. The normalized spacial score (nSPS) is 22.6. The van der Waals surface area contributed by atoms with E-state index in [2.05, 4.69) is 47.4 Å². The maximum absolute atomic E-state index is 11.5. The van der Waals surface area contributed by atoms with E-state index in [9.17, 15) is 4.79 Å². The van der Waals surface area contributed by atoms with Crippen LogP contribution >= 0.6 is 0 Å². The van der Waals surface area contributed by atoms with E-state index >= 15 is 0 Å². The van der Waals surface area contributed by atoms with Crippen LogP contribution in [0.2, 0.25) is 0 Å². The first-order valence-electron chi connectivity index (χ1n) is 6.97. The minimum absolute atomic E-state index is 0.136. The zero-order valence-electron chi connectivity index (χ0n) is 11.6. The Bertz CT molecular complexity index is 498. The first kappa shape index (κ1) is 12.5. The van der Waals surface area contributed by atoms with E-state index in [0.29, 0.717) is 12.5 Å². The van der Waals surface area contributed by atoms with Gasteiger partial charge in [-0.3, -0.25) is 4.79 Å². The number of hydrogen-bond donors (Lipinski definition) is 1. The van der Waals surface area contributed by atoms with Gasteiger partial charge >= 0.3 is 0 Å². The van der Waals surface area contributed by atoms with Gasteiger partial charge in [-0.1, -0.05) is 6.07 Å². The Kier molecular flexibility index (Phi) is 3.19. The molecule has 0 spiro atoms. The molecule has 2 aliphatic rings. The molecular weight excluding hydrogens is 238 g/mol. The second kappa shape index (κ2) is 4.85. The van der Waals surface area contributed by atoms with E-state index in [1.807, 2.05) is 0 Å². The van der Waals surface area contributed by atoms with Gasteiger partial charge < -0.3 is 15.1 Å². The number of fused-ring (bicyclic) bond motifs is 1. The van der Waals surface area contributed by atoms with Crippen molar-refractivity contribution in [2.45, 2.75) is 25.3 Å². The van der Waals surface area contributed by atoms with Crippen molar-refractivity contribution < 1.29 is 4.79 Å². The van der Waals surface area contributed by atoms with Crippen LogP contribution in [-0.4, -0.2) is 44.0 Å². The van der Waals surface area contributed by atoms with Crippen LogP contribution in [0, 0.1) is 0 Å². The zero-order chi connectivity index (χ0) is 13.4. The number of nitrogens with one attached hydrogen (secondary N) is 1. The van der Waals surface area contributed by atoms with Crippen LogP contribution in [0.3, 0.4) is 0 Å². The van der Waals surface area contributed by atoms with Crippen LogP contribution in [0.5, 0.6) is 0 Å². The molecule has 1 atom stereocenters. The van der Waals surface area contributed by atoms with Gasteiger partial charge in [-0.25, -0.2) is 0 Å². The van der Waals surface area contributed by atoms with Crippen molar-refractivity contribution in [3.8, 4) is 0 Å². The number of benzene rings is 1. The number of hydrogen-bond acceptors (Lipinski definition) is 3. The average molecular weight is 259 g/mol. The lowest BCUT2D eigenvalue weighted by Crippen LogP contribution is -2.31. The van der Waals surface area contributed by atoms with Gasteiger partial charge in [0.2, 0.25) is 5.91 Å². The molecule has 0 aliphatic carbocycles. The van der Waals surface area contributed by atoms with E-state index in [0.717, 1.165) is 25.2 Å². The van der Waals surface area contributed by atoms with Gasteiger partial charge in [0.25, 0.3) is 0 Å². The maximum atomic E-state index is 11.5. The first-order valence-corrected chi connectivity index (χ1v) is 6.97. The summed E-state index contributed by atoms with van der Waals surface area (Å²) in [6.45, 7) is 2.16. The Balaban J connectivity index is 1.79. The fraction of sp³-hybridized carbons (Fsp3) is 0.533. The van der Waals surface area contributed by atoms with Gasteiger partial charge in [-0.05, 0) is 44.6 Å². The molecule has 4 heteroatoms. The van der Waals surface area contributed by atoms with Gasteiger partial charge in [0.15, 0.2) is 0 Å². The molecule has 0 radical (unpaired) electrons. The number of anilines is 2. The van der Waals surface area contributed by atoms with Gasteiger partial charge in [0.1, 0.15) is 0 Å². The predicted molar refractivity (Wildman–Crippen MR) is 77.7 cm³/mol. The smallest absolute Gasteiger partial charge is 0.224 e. The molecule has 1 saturated heterocycles. The largest absolute Gasteiger partial charge is 0.370 e. The second-order valence-electron chi connectivity index (χ2n) is 5.74. The zero-order valence-corrected chi connectivity index (χ0v) is 11.6. The summed E-state index contributed by atoms with van der Waals surface area (Å²) < 4.78 is 0. The molecule has 2 aliphatic heterocycles. The Labute approximate surface area is 114 Å². The standard InChI is InChI=1S/C15H21N3O/c1-17(2)13-7-8-18(10-13)12-5-3-11-4-6-15(19)16-14(11)9-12/h3,5,9,13H,4,6-8,10H2,1-2H3,(H,16,19). The molecule has 1 fully saturated rings. The van der Waals surface area contributed by atoms with Crippen LogP contribution in [0.1, 0.15) is 18.4 Å². The number of likely N-dealkylation sites (N-methyl/N-ethyl adjacent to an activating group) is 1. The van der Waals surface area contributed by atoms with E-state index in [1.165, 1.54) is 17.7 Å². The van der Waals surface area contributed by atoms with E-state index < -0.39 is 0 Å². The lowest BCUT2D eigenvalue weighted by molar-refractivity contribution is -0.116. The molecule has 2 heterocycles. The Morgan fingerprint density at radius 2 is 2.16 bits per heavy atom. The van der Waals surface area contributed by atoms with Gasteiger partial charge in [-0.15, -0.1) is 0 Å². The number of amides is 1. The Morgan fingerprint density at radius 1 is 1.32 bits per heavy atom. The molecule has 1 amide bonds. The van der Waals surface area contributed by atoms with Gasteiger partial charge in [0.05, 0.1) is 0 Å². The number of carbonyl (C=O) groups is 1. The van der Waals surface area contributed by atoms with Crippen LogP contribution in [0.4, 0.5) is 11.4 Å². The molecule has 0 aromatic heterocycles. The highest BCUT2D eigenvalue weighted by atomic mass is 16.1.